The minimum absolute atomic E-state index is 0.244. The fraction of sp³-hybridized carbons (Fsp3) is 0.158. The predicted octanol–water partition coefficient (Wildman–Crippen LogP) is 4.10. The molecular weight excluding hydrogens is 322 g/mol. The van der Waals surface area contributed by atoms with Crippen molar-refractivity contribution in [3.05, 3.63) is 71.2 Å². The van der Waals surface area contributed by atoms with Crippen molar-refractivity contribution in [1.82, 2.24) is 4.98 Å². The van der Waals surface area contributed by atoms with Crippen LogP contribution >= 0.6 is 11.3 Å². The monoisotopic (exact) mass is 339 g/mol. The predicted molar refractivity (Wildman–Crippen MR) is 94.0 cm³/mol. The first-order valence-corrected chi connectivity index (χ1v) is 8.35. The van der Waals surface area contributed by atoms with Crippen LogP contribution in [0.25, 0.3) is 10.6 Å². The van der Waals surface area contributed by atoms with Crippen LogP contribution < -0.4 is 4.74 Å². The third-order valence-corrected chi connectivity index (χ3v) is 4.48. The van der Waals surface area contributed by atoms with E-state index < -0.39 is 0 Å². The van der Waals surface area contributed by atoms with Crippen LogP contribution in [0.3, 0.4) is 0 Å². The Hall–Kier alpha value is -2.66. The van der Waals surface area contributed by atoms with Gasteiger partial charge in [0.15, 0.2) is 0 Å². The molecule has 0 unspecified atom stereocenters. The number of methoxy groups -OCH3 is 1. The topological polar surface area (TPSA) is 48.4 Å². The van der Waals surface area contributed by atoms with E-state index in [4.69, 9.17) is 9.47 Å². The molecule has 1 heterocycles. The summed E-state index contributed by atoms with van der Waals surface area (Å²) in [6.45, 7) is 0.249. The van der Waals surface area contributed by atoms with Gasteiger partial charge in [0, 0.05) is 11.8 Å². The first-order valence-electron chi connectivity index (χ1n) is 7.53. The number of ether oxygens (including phenoxy) is 2. The summed E-state index contributed by atoms with van der Waals surface area (Å²) in [6, 6.07) is 17.3. The lowest BCUT2D eigenvalue weighted by molar-refractivity contribution is -0.144. The number of carbonyl (C=O) groups is 1. The second-order valence-electron chi connectivity index (χ2n) is 5.18. The maximum atomic E-state index is 11.9. The van der Waals surface area contributed by atoms with Crippen molar-refractivity contribution in [1.29, 1.82) is 0 Å². The normalized spacial score (nSPS) is 10.4. The molecule has 2 aromatic carbocycles. The standard InChI is InChI=1S/C19H17NO3S/c1-22-16-9-7-14(8-10-16)11-18(21)23-13-17-12-20-19(24-17)15-5-3-2-4-6-15/h2-10,12H,11,13H2,1H3. The Morgan fingerprint density at radius 1 is 1.08 bits per heavy atom. The summed E-state index contributed by atoms with van der Waals surface area (Å²) < 4.78 is 10.4. The quantitative estimate of drug-likeness (QED) is 0.634. The number of benzene rings is 2. The Morgan fingerprint density at radius 2 is 1.83 bits per heavy atom. The lowest BCUT2D eigenvalue weighted by atomic mass is 10.1. The van der Waals surface area contributed by atoms with E-state index in [1.165, 1.54) is 11.3 Å². The molecule has 0 aliphatic rings. The van der Waals surface area contributed by atoms with Crippen LogP contribution in [0.4, 0.5) is 0 Å². The third kappa shape index (κ3) is 4.20. The summed E-state index contributed by atoms with van der Waals surface area (Å²) in [4.78, 5) is 17.3. The molecule has 5 heteroatoms. The minimum Gasteiger partial charge on any atom is -0.497 e. The zero-order valence-corrected chi connectivity index (χ0v) is 14.1. The summed E-state index contributed by atoms with van der Waals surface area (Å²) in [5.74, 6) is 0.514. The van der Waals surface area contributed by atoms with Crippen LogP contribution in [0, 0.1) is 0 Å². The zero-order chi connectivity index (χ0) is 16.8. The van der Waals surface area contributed by atoms with Gasteiger partial charge in [0.2, 0.25) is 0 Å². The first-order chi connectivity index (χ1) is 11.7. The Morgan fingerprint density at radius 3 is 2.54 bits per heavy atom. The molecule has 3 rings (SSSR count). The van der Waals surface area contributed by atoms with Crippen LogP contribution in [-0.2, 0) is 22.6 Å². The van der Waals surface area contributed by atoms with Gasteiger partial charge < -0.3 is 9.47 Å². The molecule has 0 amide bonds. The molecule has 0 aliphatic carbocycles. The van der Waals surface area contributed by atoms with Gasteiger partial charge in [-0.1, -0.05) is 42.5 Å². The fourth-order valence-corrected chi connectivity index (χ4v) is 3.03. The molecule has 122 valence electrons. The number of hydrogen-bond acceptors (Lipinski definition) is 5. The maximum absolute atomic E-state index is 11.9. The fourth-order valence-electron chi connectivity index (χ4n) is 2.20. The van der Waals surface area contributed by atoms with E-state index in [1.807, 2.05) is 54.6 Å². The van der Waals surface area contributed by atoms with E-state index in [0.717, 1.165) is 26.8 Å². The van der Waals surface area contributed by atoms with E-state index in [1.54, 1.807) is 13.3 Å². The molecule has 0 N–H and O–H groups in total. The van der Waals surface area contributed by atoms with Gasteiger partial charge in [-0.2, -0.15) is 0 Å². The summed E-state index contributed by atoms with van der Waals surface area (Å²) >= 11 is 1.53. The number of aromatic nitrogens is 1. The smallest absolute Gasteiger partial charge is 0.310 e. The average Bonchev–Trinajstić information content (AvgIpc) is 3.10. The molecular formula is C19H17NO3S. The summed E-state index contributed by atoms with van der Waals surface area (Å²) in [7, 11) is 1.61. The van der Waals surface area contributed by atoms with Crippen LogP contribution in [-0.4, -0.2) is 18.1 Å². The van der Waals surface area contributed by atoms with E-state index in [0.29, 0.717) is 0 Å². The van der Waals surface area contributed by atoms with Crippen LogP contribution in [0.15, 0.2) is 60.8 Å². The molecule has 0 saturated heterocycles. The van der Waals surface area contributed by atoms with E-state index in [2.05, 4.69) is 4.98 Å². The highest BCUT2D eigenvalue weighted by Gasteiger charge is 2.09. The second-order valence-corrected chi connectivity index (χ2v) is 6.30. The largest absolute Gasteiger partial charge is 0.497 e. The van der Waals surface area contributed by atoms with E-state index in [-0.39, 0.29) is 19.0 Å². The number of carbonyl (C=O) groups excluding carboxylic acids is 1. The van der Waals surface area contributed by atoms with Crippen LogP contribution in [0.2, 0.25) is 0 Å². The van der Waals surface area contributed by atoms with Gasteiger partial charge in [-0.05, 0) is 17.7 Å². The summed E-state index contributed by atoms with van der Waals surface area (Å²) in [6.07, 6.45) is 2.00. The SMILES string of the molecule is COc1ccc(CC(=O)OCc2cnc(-c3ccccc3)s2)cc1. The van der Waals surface area contributed by atoms with Crippen molar-refractivity contribution in [2.45, 2.75) is 13.0 Å². The average molecular weight is 339 g/mol. The number of esters is 1. The van der Waals surface area contributed by atoms with Crippen molar-refractivity contribution < 1.29 is 14.3 Å². The molecule has 0 spiro atoms. The number of rotatable bonds is 6. The molecule has 1 aromatic heterocycles. The van der Waals surface area contributed by atoms with Crippen molar-refractivity contribution in [2.24, 2.45) is 0 Å². The first kappa shape index (κ1) is 16.2. The Bertz CT molecular complexity index is 797. The maximum Gasteiger partial charge on any atom is 0.310 e. The van der Waals surface area contributed by atoms with Gasteiger partial charge >= 0.3 is 5.97 Å². The summed E-state index contributed by atoms with van der Waals surface area (Å²) in [5, 5.41) is 0.928. The van der Waals surface area contributed by atoms with Gasteiger partial charge in [0.1, 0.15) is 17.4 Å². The van der Waals surface area contributed by atoms with Crippen molar-refractivity contribution in [3.63, 3.8) is 0 Å². The Labute approximate surface area is 144 Å². The molecule has 24 heavy (non-hydrogen) atoms. The molecule has 0 fully saturated rings. The Kier molecular flexibility index (Phi) is 5.23. The van der Waals surface area contributed by atoms with E-state index >= 15 is 0 Å². The van der Waals surface area contributed by atoms with Crippen LogP contribution in [0.5, 0.6) is 5.75 Å². The Balaban J connectivity index is 1.53. The van der Waals surface area contributed by atoms with Gasteiger partial charge in [-0.15, -0.1) is 11.3 Å². The zero-order valence-electron chi connectivity index (χ0n) is 13.3. The number of hydrogen-bond donors (Lipinski definition) is 0. The third-order valence-electron chi connectivity index (χ3n) is 3.46. The highest BCUT2D eigenvalue weighted by Crippen LogP contribution is 2.25. The highest BCUT2D eigenvalue weighted by atomic mass is 32.1. The molecule has 0 atom stereocenters. The number of nitrogens with zero attached hydrogens (tertiary/aromatic N) is 1. The molecule has 0 bridgehead atoms. The molecule has 0 radical (unpaired) electrons. The highest BCUT2D eigenvalue weighted by molar-refractivity contribution is 7.15. The van der Waals surface area contributed by atoms with Crippen LogP contribution in [0.1, 0.15) is 10.4 Å². The minimum atomic E-state index is -0.255. The van der Waals surface area contributed by atoms with Gasteiger partial charge in [-0.3, -0.25) is 4.79 Å². The van der Waals surface area contributed by atoms with Crippen molar-refractivity contribution in [3.8, 4) is 16.3 Å². The van der Waals surface area contributed by atoms with Gasteiger partial charge in [0.05, 0.1) is 18.4 Å². The number of thiazole rings is 1. The molecule has 0 aliphatic heterocycles. The lowest BCUT2D eigenvalue weighted by Gasteiger charge is -2.04. The summed E-state index contributed by atoms with van der Waals surface area (Å²) in [5.41, 5.74) is 1.97. The van der Waals surface area contributed by atoms with Crippen molar-refractivity contribution >= 4 is 17.3 Å². The second kappa shape index (κ2) is 7.75. The lowest BCUT2D eigenvalue weighted by Crippen LogP contribution is -2.07. The van der Waals surface area contributed by atoms with Gasteiger partial charge in [-0.25, -0.2) is 4.98 Å². The van der Waals surface area contributed by atoms with Crippen molar-refractivity contribution in [2.75, 3.05) is 7.11 Å². The molecule has 3 aromatic rings. The molecule has 0 saturated carbocycles. The van der Waals surface area contributed by atoms with Gasteiger partial charge in [0.25, 0.3) is 0 Å². The van der Waals surface area contributed by atoms with E-state index in [9.17, 15) is 4.79 Å². The molecule has 4 nitrogen and oxygen atoms in total.